The molecule has 150 valence electrons. The highest BCUT2D eigenvalue weighted by Gasteiger charge is 2.17. The largest absolute Gasteiger partial charge is 0.208 e. The van der Waals surface area contributed by atoms with Crippen molar-refractivity contribution in [3.8, 4) is 34.2 Å². The lowest BCUT2D eigenvalue weighted by Gasteiger charge is -2.12. The Hall–Kier alpha value is -4.18. The van der Waals surface area contributed by atoms with Crippen molar-refractivity contribution >= 4 is 5.57 Å². The van der Waals surface area contributed by atoms with E-state index in [-0.39, 0.29) is 5.82 Å². The smallest absolute Gasteiger partial charge is 0.164 e. The Morgan fingerprint density at radius 2 is 1.26 bits per heavy atom. The molecular weight excluding hydrogens is 385 g/mol. The van der Waals surface area contributed by atoms with E-state index in [1.54, 1.807) is 30.4 Å². The van der Waals surface area contributed by atoms with Gasteiger partial charge in [-0.1, -0.05) is 104 Å². The second-order valence-electron chi connectivity index (χ2n) is 6.82. The van der Waals surface area contributed by atoms with Crippen LogP contribution in [0, 0.1) is 5.82 Å². The van der Waals surface area contributed by atoms with Crippen LogP contribution in [0.3, 0.4) is 0 Å². The molecule has 3 aromatic carbocycles. The molecule has 0 N–H and O–H groups in total. The monoisotopic (exact) mass is 405 g/mol. The van der Waals surface area contributed by atoms with Gasteiger partial charge in [0, 0.05) is 22.3 Å². The summed E-state index contributed by atoms with van der Waals surface area (Å²) in [6, 6.07) is 24.2. The number of aromatic nitrogens is 3. The third-order valence-electron chi connectivity index (χ3n) is 4.71. The first-order valence-corrected chi connectivity index (χ1v) is 9.81. The van der Waals surface area contributed by atoms with Gasteiger partial charge >= 0.3 is 0 Å². The summed E-state index contributed by atoms with van der Waals surface area (Å²) in [7, 11) is 0. The molecule has 1 heterocycles. The summed E-state index contributed by atoms with van der Waals surface area (Å²) in [5.41, 5.74) is 3.12. The van der Waals surface area contributed by atoms with Gasteiger partial charge in [-0.15, -0.1) is 0 Å². The molecule has 0 saturated heterocycles. The van der Waals surface area contributed by atoms with E-state index in [9.17, 15) is 4.39 Å². The van der Waals surface area contributed by atoms with Gasteiger partial charge in [0.05, 0.1) is 0 Å². The summed E-state index contributed by atoms with van der Waals surface area (Å²) in [5.74, 6) is 1.04. The molecule has 0 spiro atoms. The van der Waals surface area contributed by atoms with Crippen LogP contribution >= 0.6 is 0 Å². The van der Waals surface area contributed by atoms with Crippen LogP contribution in [0.15, 0.2) is 110 Å². The van der Waals surface area contributed by atoms with Gasteiger partial charge in [0.2, 0.25) is 0 Å². The molecule has 0 aliphatic heterocycles. The van der Waals surface area contributed by atoms with Crippen molar-refractivity contribution in [1.29, 1.82) is 0 Å². The maximum Gasteiger partial charge on any atom is 0.164 e. The molecular formula is C27H20FN3. The fourth-order valence-electron chi connectivity index (χ4n) is 3.23. The number of rotatable bonds is 6. The molecule has 1 aromatic heterocycles. The van der Waals surface area contributed by atoms with Crippen LogP contribution in [-0.2, 0) is 0 Å². The average molecular weight is 405 g/mol. The minimum absolute atomic E-state index is 0.352. The molecule has 0 fully saturated rings. The van der Waals surface area contributed by atoms with E-state index < -0.39 is 0 Å². The zero-order chi connectivity index (χ0) is 21.6. The quantitative estimate of drug-likeness (QED) is 0.332. The highest BCUT2D eigenvalue weighted by molar-refractivity contribution is 5.83. The predicted octanol–water partition coefficient (Wildman–Crippen LogP) is 6.77. The van der Waals surface area contributed by atoms with E-state index in [2.05, 4.69) is 28.1 Å². The van der Waals surface area contributed by atoms with Crippen molar-refractivity contribution in [3.05, 3.63) is 122 Å². The molecule has 0 unspecified atom stereocenters. The van der Waals surface area contributed by atoms with Gasteiger partial charge in [-0.25, -0.2) is 19.3 Å². The van der Waals surface area contributed by atoms with Crippen molar-refractivity contribution in [2.45, 2.75) is 0 Å². The molecule has 0 amide bonds. The van der Waals surface area contributed by atoms with Gasteiger partial charge in [-0.3, -0.25) is 0 Å². The SMILES string of the molecule is C=C/C=C\C(=C)c1c(F)cccc1-c1nc(-c2ccccc2)nc(-c2ccccc2)n1. The van der Waals surface area contributed by atoms with E-state index in [1.165, 1.54) is 6.07 Å². The number of halogens is 1. The summed E-state index contributed by atoms with van der Waals surface area (Å²) >= 11 is 0. The maximum atomic E-state index is 14.9. The Morgan fingerprint density at radius 3 is 1.81 bits per heavy atom. The average Bonchev–Trinajstić information content (AvgIpc) is 2.83. The Morgan fingerprint density at radius 1 is 0.710 bits per heavy atom. The summed E-state index contributed by atoms with van der Waals surface area (Å²) in [5, 5.41) is 0. The van der Waals surface area contributed by atoms with Crippen LogP contribution in [0.25, 0.3) is 39.7 Å². The Bertz CT molecular complexity index is 1200. The minimum Gasteiger partial charge on any atom is -0.208 e. The normalized spacial score (nSPS) is 10.9. The summed E-state index contributed by atoms with van der Waals surface area (Å²) < 4.78 is 14.9. The molecule has 0 aliphatic carbocycles. The summed E-state index contributed by atoms with van der Waals surface area (Å²) in [6.45, 7) is 7.69. The topological polar surface area (TPSA) is 38.7 Å². The van der Waals surface area contributed by atoms with Gasteiger partial charge in [-0.2, -0.15) is 0 Å². The lowest BCUT2D eigenvalue weighted by atomic mass is 9.99. The number of nitrogens with zero attached hydrogens (tertiary/aromatic N) is 3. The van der Waals surface area contributed by atoms with Gasteiger partial charge in [0.15, 0.2) is 17.5 Å². The molecule has 0 radical (unpaired) electrons. The number of benzene rings is 3. The molecule has 31 heavy (non-hydrogen) atoms. The molecule has 0 bridgehead atoms. The fourth-order valence-corrected chi connectivity index (χ4v) is 3.23. The van der Waals surface area contributed by atoms with Crippen molar-refractivity contribution in [3.63, 3.8) is 0 Å². The molecule has 3 nitrogen and oxygen atoms in total. The molecule has 4 aromatic rings. The van der Waals surface area contributed by atoms with E-state index >= 15 is 0 Å². The lowest BCUT2D eigenvalue weighted by molar-refractivity contribution is 0.624. The first-order valence-electron chi connectivity index (χ1n) is 9.81. The Labute approximate surface area is 181 Å². The van der Waals surface area contributed by atoms with Crippen LogP contribution in [0.5, 0.6) is 0 Å². The van der Waals surface area contributed by atoms with E-state index in [0.29, 0.717) is 34.2 Å². The maximum absolute atomic E-state index is 14.9. The molecule has 0 saturated carbocycles. The molecule has 0 atom stereocenters. The zero-order valence-corrected chi connectivity index (χ0v) is 16.9. The molecule has 4 rings (SSSR count). The zero-order valence-electron chi connectivity index (χ0n) is 16.9. The van der Waals surface area contributed by atoms with Crippen molar-refractivity contribution < 1.29 is 4.39 Å². The third kappa shape index (κ3) is 4.38. The fraction of sp³-hybridized carbons (Fsp3) is 0. The summed E-state index contributed by atoms with van der Waals surface area (Å²) in [6.07, 6.45) is 5.05. The first-order chi connectivity index (χ1) is 15.2. The van der Waals surface area contributed by atoms with Gasteiger partial charge in [0.25, 0.3) is 0 Å². The predicted molar refractivity (Wildman–Crippen MR) is 124 cm³/mol. The highest BCUT2D eigenvalue weighted by atomic mass is 19.1. The van der Waals surface area contributed by atoms with Crippen LogP contribution in [0.1, 0.15) is 5.56 Å². The van der Waals surface area contributed by atoms with Gasteiger partial charge < -0.3 is 0 Å². The Kier molecular flexibility index (Phi) is 5.90. The minimum atomic E-state index is -0.390. The molecule has 0 aliphatic rings. The van der Waals surface area contributed by atoms with E-state index in [1.807, 2.05) is 60.7 Å². The number of allylic oxidation sites excluding steroid dienone is 4. The third-order valence-corrected chi connectivity index (χ3v) is 4.71. The lowest BCUT2D eigenvalue weighted by Crippen LogP contribution is -2.02. The van der Waals surface area contributed by atoms with Crippen molar-refractivity contribution in [2.75, 3.05) is 0 Å². The van der Waals surface area contributed by atoms with E-state index in [4.69, 9.17) is 0 Å². The van der Waals surface area contributed by atoms with Crippen LogP contribution in [-0.4, -0.2) is 15.0 Å². The number of hydrogen-bond donors (Lipinski definition) is 0. The second kappa shape index (κ2) is 9.09. The van der Waals surface area contributed by atoms with E-state index in [0.717, 1.165) is 11.1 Å². The summed E-state index contributed by atoms with van der Waals surface area (Å²) in [4.78, 5) is 14.1. The van der Waals surface area contributed by atoms with Gasteiger partial charge in [0.1, 0.15) is 5.82 Å². The second-order valence-corrected chi connectivity index (χ2v) is 6.82. The standard InChI is InChI=1S/C27H20FN3/c1-3-4-12-19(2)24-22(17-11-18-23(24)28)27-30-25(20-13-7-5-8-14-20)29-26(31-27)21-15-9-6-10-16-21/h3-18H,1-2H2/b12-4-. The van der Waals surface area contributed by atoms with Crippen LogP contribution < -0.4 is 0 Å². The molecule has 4 heteroatoms. The Balaban J connectivity index is 1.95. The van der Waals surface area contributed by atoms with Crippen LogP contribution in [0.4, 0.5) is 4.39 Å². The van der Waals surface area contributed by atoms with Crippen molar-refractivity contribution in [1.82, 2.24) is 15.0 Å². The van der Waals surface area contributed by atoms with Crippen molar-refractivity contribution in [2.24, 2.45) is 0 Å². The van der Waals surface area contributed by atoms with Crippen LogP contribution in [0.2, 0.25) is 0 Å². The highest BCUT2D eigenvalue weighted by Crippen LogP contribution is 2.31. The first kappa shape index (κ1) is 20.1. The van der Waals surface area contributed by atoms with Gasteiger partial charge in [-0.05, 0) is 11.6 Å². The number of hydrogen-bond acceptors (Lipinski definition) is 3.